The maximum atomic E-state index is 5.99. The molecule has 0 amide bonds. The van der Waals surface area contributed by atoms with Crippen LogP contribution in [0, 0.1) is 0 Å². The fourth-order valence-electron chi connectivity index (χ4n) is 2.85. The minimum absolute atomic E-state index is 0.480. The summed E-state index contributed by atoms with van der Waals surface area (Å²) in [6.45, 7) is 2.44. The number of hydrogen-bond donors (Lipinski definition) is 1. The first-order valence-electron chi connectivity index (χ1n) is 6.16. The van der Waals surface area contributed by atoms with Crippen LogP contribution in [-0.4, -0.2) is 27.7 Å². The van der Waals surface area contributed by atoms with E-state index >= 15 is 0 Å². The Hall–Kier alpha value is -1.06. The molecule has 1 atom stereocenters. The van der Waals surface area contributed by atoms with Crippen molar-refractivity contribution in [2.45, 2.75) is 18.4 Å². The zero-order valence-corrected chi connectivity index (χ0v) is 10.9. The minimum Gasteiger partial charge on any atom is -0.371 e. The second kappa shape index (κ2) is 4.07. The van der Waals surface area contributed by atoms with Gasteiger partial charge in [0.2, 0.25) is 0 Å². The highest BCUT2D eigenvalue weighted by atomic mass is 28.2. The van der Waals surface area contributed by atoms with Crippen molar-refractivity contribution in [1.29, 1.82) is 0 Å². The number of rotatable bonds is 2. The molecule has 1 aromatic carbocycles. The summed E-state index contributed by atoms with van der Waals surface area (Å²) in [6.07, 6.45) is 5.09. The molecule has 1 unspecified atom stereocenters. The van der Waals surface area contributed by atoms with Gasteiger partial charge in [-0.1, -0.05) is 30.3 Å². The third kappa shape index (κ3) is 1.51. The summed E-state index contributed by atoms with van der Waals surface area (Å²) in [5.41, 5.74) is 4.92. The van der Waals surface area contributed by atoms with E-state index in [1.165, 1.54) is 42.8 Å². The molecule has 1 aliphatic carbocycles. The Morgan fingerprint density at radius 2 is 1.94 bits per heavy atom. The Morgan fingerprint density at radius 3 is 2.69 bits per heavy atom. The third-order valence-electron chi connectivity index (χ3n) is 3.70. The van der Waals surface area contributed by atoms with Crippen molar-refractivity contribution in [2.75, 3.05) is 13.1 Å². The van der Waals surface area contributed by atoms with Crippen LogP contribution in [0.4, 0.5) is 0 Å². The number of likely N-dealkylation sites (tertiary alicyclic amines) is 1. The van der Waals surface area contributed by atoms with E-state index in [-0.39, 0.29) is 0 Å². The highest BCUT2D eigenvalue weighted by Crippen LogP contribution is 2.37. The van der Waals surface area contributed by atoms with Gasteiger partial charge in [0.15, 0.2) is 0 Å². The summed E-state index contributed by atoms with van der Waals surface area (Å²) in [5, 5.41) is 5.99. The van der Waals surface area contributed by atoms with Gasteiger partial charge in [-0.3, -0.25) is 0 Å². The van der Waals surface area contributed by atoms with Gasteiger partial charge < -0.3 is 10.3 Å². The fraction of sp³-hybridized carbons (Fsp3) is 0.385. The van der Waals surface area contributed by atoms with E-state index in [2.05, 4.69) is 35.2 Å². The molecule has 2 N–H and O–H groups in total. The van der Waals surface area contributed by atoms with Crippen molar-refractivity contribution in [3.63, 3.8) is 0 Å². The Balaban J connectivity index is 2.00. The lowest BCUT2D eigenvalue weighted by Gasteiger charge is -2.19. The number of nitrogens with two attached hydrogens (primary N) is 1. The quantitative estimate of drug-likeness (QED) is 0.774. The maximum absolute atomic E-state index is 5.99. The van der Waals surface area contributed by atoms with Crippen molar-refractivity contribution in [2.24, 2.45) is 5.40 Å². The van der Waals surface area contributed by atoms with Crippen LogP contribution in [0.2, 0.25) is 0 Å². The second-order valence-electron chi connectivity index (χ2n) is 4.68. The smallest absolute Gasteiger partial charge is 0.100 e. The monoisotopic (exact) mass is 230 g/mol. The molecule has 16 heavy (non-hydrogen) atoms. The Kier molecular flexibility index (Phi) is 2.57. The molecule has 3 heteroatoms. The lowest BCUT2D eigenvalue weighted by Crippen LogP contribution is -2.16. The molecule has 0 spiro atoms. The van der Waals surface area contributed by atoms with Crippen molar-refractivity contribution in [3.8, 4) is 0 Å². The first kappa shape index (κ1) is 10.1. The lowest BCUT2D eigenvalue weighted by molar-refractivity contribution is 0.494. The van der Waals surface area contributed by atoms with Crippen LogP contribution < -0.4 is 5.40 Å². The van der Waals surface area contributed by atoms with Gasteiger partial charge in [-0.25, -0.2) is 0 Å². The summed E-state index contributed by atoms with van der Waals surface area (Å²) in [4.78, 5) is 2.53. The predicted octanol–water partition coefficient (Wildman–Crippen LogP) is 1.22. The maximum Gasteiger partial charge on any atom is 0.100 e. The average molecular weight is 230 g/mol. The zero-order valence-electron chi connectivity index (χ0n) is 9.52. The minimum atomic E-state index is -0.480. The predicted molar refractivity (Wildman–Crippen MR) is 70.7 cm³/mol. The SMILES string of the molecule is N[SiH2]C1C=C(N2CCCC2)c2ccccc21. The molecule has 1 saturated heterocycles. The van der Waals surface area contributed by atoms with E-state index in [1.807, 2.05) is 0 Å². The standard InChI is InChI=1S/C13H18N2Si/c14-16-13-9-12(15-7-3-4-8-15)10-5-1-2-6-11(10)13/h1-2,5-6,9,13H,3-4,7-8,14,16H2. The van der Waals surface area contributed by atoms with E-state index in [4.69, 9.17) is 5.40 Å². The van der Waals surface area contributed by atoms with Crippen molar-refractivity contribution < 1.29 is 0 Å². The summed E-state index contributed by atoms with van der Waals surface area (Å²) >= 11 is 0. The van der Waals surface area contributed by atoms with E-state index in [9.17, 15) is 0 Å². The van der Waals surface area contributed by atoms with Gasteiger partial charge in [-0.05, 0) is 18.4 Å². The highest BCUT2D eigenvalue weighted by Gasteiger charge is 2.26. The van der Waals surface area contributed by atoms with Crippen molar-refractivity contribution in [1.82, 2.24) is 4.90 Å². The van der Waals surface area contributed by atoms with E-state index in [0.717, 1.165) is 0 Å². The van der Waals surface area contributed by atoms with Crippen LogP contribution in [0.15, 0.2) is 30.3 Å². The molecule has 2 aliphatic rings. The lowest BCUT2D eigenvalue weighted by atomic mass is 10.1. The molecular weight excluding hydrogens is 212 g/mol. The number of benzene rings is 1. The van der Waals surface area contributed by atoms with Crippen molar-refractivity contribution in [3.05, 3.63) is 41.5 Å². The normalized spacial score (nSPS) is 24.2. The Morgan fingerprint density at radius 1 is 1.19 bits per heavy atom. The van der Waals surface area contributed by atoms with Gasteiger partial charge >= 0.3 is 0 Å². The molecule has 1 heterocycles. The summed E-state index contributed by atoms with van der Waals surface area (Å²) in [5.74, 6) is 0. The number of nitrogens with zero attached hydrogens (tertiary/aromatic N) is 1. The molecule has 0 radical (unpaired) electrons. The molecule has 2 nitrogen and oxygen atoms in total. The number of hydrogen-bond acceptors (Lipinski definition) is 2. The van der Waals surface area contributed by atoms with Crippen molar-refractivity contribution >= 4 is 15.4 Å². The highest BCUT2D eigenvalue weighted by molar-refractivity contribution is 6.35. The Bertz CT molecular complexity index is 422. The van der Waals surface area contributed by atoms with Crippen LogP contribution in [0.3, 0.4) is 0 Å². The van der Waals surface area contributed by atoms with E-state index in [1.54, 1.807) is 0 Å². The second-order valence-corrected chi connectivity index (χ2v) is 6.03. The molecular formula is C13H18N2Si. The molecule has 0 saturated carbocycles. The molecule has 1 aliphatic heterocycles. The molecule has 84 valence electrons. The fourth-order valence-corrected chi connectivity index (χ4v) is 3.82. The van der Waals surface area contributed by atoms with E-state index in [0.29, 0.717) is 5.54 Å². The molecule has 3 rings (SSSR count). The van der Waals surface area contributed by atoms with Gasteiger partial charge in [0, 0.05) is 29.9 Å². The first-order valence-corrected chi connectivity index (χ1v) is 7.79. The largest absolute Gasteiger partial charge is 0.371 e. The number of fused-ring (bicyclic) bond motifs is 1. The van der Waals surface area contributed by atoms with Gasteiger partial charge in [0.25, 0.3) is 0 Å². The van der Waals surface area contributed by atoms with Crippen LogP contribution in [0.5, 0.6) is 0 Å². The van der Waals surface area contributed by atoms with Crippen LogP contribution in [-0.2, 0) is 0 Å². The van der Waals surface area contributed by atoms with Gasteiger partial charge in [0.05, 0.1) is 0 Å². The Labute approximate surface area is 99.0 Å². The molecule has 1 aromatic rings. The molecule has 1 fully saturated rings. The van der Waals surface area contributed by atoms with Crippen LogP contribution in [0.25, 0.3) is 5.70 Å². The van der Waals surface area contributed by atoms with Gasteiger partial charge in [-0.15, -0.1) is 0 Å². The van der Waals surface area contributed by atoms with E-state index < -0.39 is 9.68 Å². The summed E-state index contributed by atoms with van der Waals surface area (Å²) < 4.78 is 0. The summed E-state index contributed by atoms with van der Waals surface area (Å²) in [6, 6.07) is 8.78. The topological polar surface area (TPSA) is 29.3 Å². The zero-order chi connectivity index (χ0) is 11.0. The summed E-state index contributed by atoms with van der Waals surface area (Å²) in [7, 11) is -0.480. The van der Waals surface area contributed by atoms with Crippen LogP contribution >= 0.6 is 0 Å². The van der Waals surface area contributed by atoms with Gasteiger partial charge in [-0.2, -0.15) is 0 Å². The number of allylic oxidation sites excluding steroid dienone is 1. The first-order chi connectivity index (χ1) is 7.90. The van der Waals surface area contributed by atoms with Gasteiger partial charge in [0.1, 0.15) is 9.68 Å². The molecule has 0 bridgehead atoms. The molecule has 0 aromatic heterocycles. The average Bonchev–Trinajstić information content (AvgIpc) is 2.95. The third-order valence-corrected chi connectivity index (χ3v) is 4.88. The van der Waals surface area contributed by atoms with Crippen LogP contribution in [0.1, 0.15) is 29.5 Å².